The normalized spacial score (nSPS) is 13.0. The maximum absolute atomic E-state index is 8.97. The number of nitrogens with one attached hydrogen (secondary N) is 1. The number of aromatic nitrogens is 2. The summed E-state index contributed by atoms with van der Waals surface area (Å²) in [7, 11) is 0. The van der Waals surface area contributed by atoms with E-state index in [-0.39, 0.29) is 6.61 Å². The van der Waals surface area contributed by atoms with Gasteiger partial charge < -0.3 is 14.8 Å². The first-order valence-corrected chi connectivity index (χ1v) is 7.07. The van der Waals surface area contributed by atoms with E-state index >= 15 is 0 Å². The van der Waals surface area contributed by atoms with Crippen molar-refractivity contribution in [2.24, 2.45) is 5.92 Å². The van der Waals surface area contributed by atoms with E-state index in [1.54, 1.807) is 0 Å². The average Bonchev–Trinajstić information content (AvgIpc) is 2.74. The van der Waals surface area contributed by atoms with E-state index < -0.39 is 0 Å². The van der Waals surface area contributed by atoms with Gasteiger partial charge in [-0.2, -0.15) is 0 Å². The molecule has 0 bridgehead atoms. The van der Waals surface area contributed by atoms with Crippen molar-refractivity contribution in [2.75, 3.05) is 13.2 Å². The molecule has 2 heterocycles. The van der Waals surface area contributed by atoms with E-state index in [4.69, 9.17) is 16.7 Å². The fraction of sp³-hybridized carbons (Fsp3) is 0.500. The number of imidazole rings is 1. The molecule has 0 aliphatic rings. The Morgan fingerprint density at radius 3 is 3.05 bits per heavy atom. The second-order valence-corrected chi connectivity index (χ2v) is 5.05. The summed E-state index contributed by atoms with van der Waals surface area (Å²) in [6.07, 6.45) is 3.87. The number of fused-ring (bicyclic) bond motifs is 1. The molecule has 104 valence electrons. The lowest BCUT2D eigenvalue weighted by molar-refractivity contribution is 0.251. The van der Waals surface area contributed by atoms with Crippen LogP contribution in [0.15, 0.2) is 24.4 Å². The van der Waals surface area contributed by atoms with Gasteiger partial charge in [0.15, 0.2) is 5.15 Å². The largest absolute Gasteiger partial charge is 0.396 e. The fourth-order valence-corrected chi connectivity index (χ4v) is 2.45. The molecule has 1 unspecified atom stereocenters. The van der Waals surface area contributed by atoms with Gasteiger partial charge >= 0.3 is 0 Å². The zero-order valence-corrected chi connectivity index (χ0v) is 11.9. The van der Waals surface area contributed by atoms with Crippen molar-refractivity contribution in [3.63, 3.8) is 0 Å². The van der Waals surface area contributed by atoms with Crippen LogP contribution in [0.3, 0.4) is 0 Å². The van der Waals surface area contributed by atoms with Crippen LogP contribution in [0.2, 0.25) is 5.15 Å². The third-order valence-electron chi connectivity index (χ3n) is 3.42. The lowest BCUT2D eigenvalue weighted by Gasteiger charge is -2.14. The topological polar surface area (TPSA) is 49.6 Å². The maximum atomic E-state index is 8.97. The number of hydrogen-bond donors (Lipinski definition) is 2. The Labute approximate surface area is 118 Å². The molecule has 4 nitrogen and oxygen atoms in total. The van der Waals surface area contributed by atoms with Gasteiger partial charge in [0.25, 0.3) is 0 Å². The molecule has 0 saturated carbocycles. The predicted molar refractivity (Wildman–Crippen MR) is 77.4 cm³/mol. The molecule has 0 radical (unpaired) electrons. The Kier molecular flexibility index (Phi) is 5.19. The quantitative estimate of drug-likeness (QED) is 0.820. The zero-order chi connectivity index (χ0) is 13.7. The number of aliphatic hydroxyl groups excluding tert-OH is 1. The highest BCUT2D eigenvalue weighted by Gasteiger charge is 2.10. The van der Waals surface area contributed by atoms with Gasteiger partial charge in [-0.15, -0.1) is 0 Å². The maximum Gasteiger partial charge on any atom is 0.152 e. The second kappa shape index (κ2) is 6.89. The highest BCUT2D eigenvalue weighted by molar-refractivity contribution is 6.30. The van der Waals surface area contributed by atoms with Gasteiger partial charge in [0.2, 0.25) is 0 Å². The summed E-state index contributed by atoms with van der Waals surface area (Å²) in [5, 5.41) is 12.9. The first-order chi connectivity index (χ1) is 9.26. The van der Waals surface area contributed by atoms with Gasteiger partial charge in [-0.25, -0.2) is 4.98 Å². The van der Waals surface area contributed by atoms with E-state index in [1.165, 1.54) is 0 Å². The van der Waals surface area contributed by atoms with Gasteiger partial charge in [-0.3, -0.25) is 0 Å². The summed E-state index contributed by atoms with van der Waals surface area (Å²) in [6.45, 7) is 3.96. The first kappa shape index (κ1) is 14.3. The molecule has 5 heteroatoms. The minimum absolute atomic E-state index is 0.247. The monoisotopic (exact) mass is 281 g/mol. The molecular weight excluding hydrogens is 262 g/mol. The molecule has 0 aromatic carbocycles. The Hall–Kier alpha value is -1.10. The van der Waals surface area contributed by atoms with Crippen molar-refractivity contribution in [2.45, 2.75) is 26.3 Å². The molecular formula is C14H20ClN3O. The Balaban J connectivity index is 1.99. The van der Waals surface area contributed by atoms with Gasteiger partial charge in [-0.1, -0.05) is 31.0 Å². The SMILES string of the molecule is CCC(CCO)CNCc1c(Cl)nc2ccccn12. The summed E-state index contributed by atoms with van der Waals surface area (Å²) in [6, 6.07) is 5.86. The number of aliphatic hydroxyl groups is 1. The molecule has 2 rings (SSSR count). The lowest BCUT2D eigenvalue weighted by atomic mass is 10.0. The molecule has 0 spiro atoms. The van der Waals surface area contributed by atoms with Gasteiger partial charge in [0, 0.05) is 19.3 Å². The Morgan fingerprint density at radius 2 is 2.32 bits per heavy atom. The van der Waals surface area contributed by atoms with Crippen LogP contribution in [0.5, 0.6) is 0 Å². The number of pyridine rings is 1. The number of halogens is 1. The minimum atomic E-state index is 0.247. The van der Waals surface area contributed by atoms with Crippen molar-refractivity contribution < 1.29 is 5.11 Å². The average molecular weight is 282 g/mol. The Morgan fingerprint density at radius 1 is 1.47 bits per heavy atom. The molecule has 0 amide bonds. The van der Waals surface area contributed by atoms with Crippen LogP contribution in [0, 0.1) is 5.92 Å². The highest BCUT2D eigenvalue weighted by atomic mass is 35.5. The molecule has 0 aliphatic carbocycles. The molecule has 19 heavy (non-hydrogen) atoms. The molecule has 0 aliphatic heterocycles. The summed E-state index contributed by atoms with van der Waals surface area (Å²) < 4.78 is 2.00. The molecule has 2 aromatic rings. The molecule has 1 atom stereocenters. The molecule has 2 aromatic heterocycles. The van der Waals surface area contributed by atoms with Crippen LogP contribution in [0.25, 0.3) is 5.65 Å². The standard InChI is InChI=1S/C14H20ClN3O/c1-2-11(6-8-19)9-16-10-12-14(15)17-13-5-3-4-7-18(12)13/h3-5,7,11,16,19H,2,6,8-10H2,1H3. The Bertz CT molecular complexity index is 526. The van der Waals surface area contributed by atoms with E-state index in [0.717, 1.165) is 30.7 Å². The van der Waals surface area contributed by atoms with Gasteiger partial charge in [0.1, 0.15) is 5.65 Å². The van der Waals surface area contributed by atoms with Crippen LogP contribution in [0.4, 0.5) is 0 Å². The van der Waals surface area contributed by atoms with Gasteiger partial charge in [0.05, 0.1) is 5.69 Å². The number of nitrogens with zero attached hydrogens (tertiary/aromatic N) is 2. The van der Waals surface area contributed by atoms with Crippen molar-refractivity contribution in [3.8, 4) is 0 Å². The van der Waals surface area contributed by atoms with Crippen LogP contribution < -0.4 is 5.32 Å². The fourth-order valence-electron chi connectivity index (χ4n) is 2.20. The molecule has 2 N–H and O–H groups in total. The highest BCUT2D eigenvalue weighted by Crippen LogP contribution is 2.17. The zero-order valence-electron chi connectivity index (χ0n) is 11.1. The van der Waals surface area contributed by atoms with Crippen LogP contribution in [-0.4, -0.2) is 27.6 Å². The van der Waals surface area contributed by atoms with Crippen molar-refractivity contribution in [1.82, 2.24) is 14.7 Å². The lowest BCUT2D eigenvalue weighted by Crippen LogP contribution is -2.23. The van der Waals surface area contributed by atoms with E-state index in [0.29, 0.717) is 17.6 Å². The third kappa shape index (κ3) is 3.47. The molecule has 0 saturated heterocycles. The van der Waals surface area contributed by atoms with E-state index in [9.17, 15) is 0 Å². The van der Waals surface area contributed by atoms with Gasteiger partial charge in [-0.05, 0) is 31.0 Å². The van der Waals surface area contributed by atoms with Crippen molar-refractivity contribution in [3.05, 3.63) is 35.2 Å². The number of rotatable bonds is 7. The minimum Gasteiger partial charge on any atom is -0.396 e. The third-order valence-corrected chi connectivity index (χ3v) is 3.72. The second-order valence-electron chi connectivity index (χ2n) is 4.70. The van der Waals surface area contributed by atoms with Crippen LogP contribution in [-0.2, 0) is 6.54 Å². The van der Waals surface area contributed by atoms with E-state index in [1.807, 2.05) is 28.8 Å². The summed E-state index contributed by atoms with van der Waals surface area (Å²) in [4.78, 5) is 4.32. The number of hydrogen-bond acceptors (Lipinski definition) is 3. The summed E-state index contributed by atoms with van der Waals surface area (Å²) in [5.74, 6) is 0.503. The predicted octanol–water partition coefficient (Wildman–Crippen LogP) is 2.49. The summed E-state index contributed by atoms with van der Waals surface area (Å²) in [5.41, 5.74) is 1.85. The molecule has 0 fully saturated rings. The van der Waals surface area contributed by atoms with Crippen molar-refractivity contribution >= 4 is 17.2 Å². The first-order valence-electron chi connectivity index (χ1n) is 6.69. The van der Waals surface area contributed by atoms with Crippen molar-refractivity contribution in [1.29, 1.82) is 0 Å². The van der Waals surface area contributed by atoms with Crippen LogP contribution in [0.1, 0.15) is 25.5 Å². The summed E-state index contributed by atoms with van der Waals surface area (Å²) >= 11 is 6.17. The van der Waals surface area contributed by atoms with E-state index in [2.05, 4.69) is 17.2 Å². The smallest absolute Gasteiger partial charge is 0.152 e. The van der Waals surface area contributed by atoms with Crippen LogP contribution >= 0.6 is 11.6 Å².